The van der Waals surface area contributed by atoms with Crippen molar-refractivity contribution in [1.29, 1.82) is 0 Å². The van der Waals surface area contributed by atoms with Crippen molar-refractivity contribution in [3.8, 4) is 11.1 Å². The van der Waals surface area contributed by atoms with E-state index in [2.05, 4.69) is 82.7 Å². The Morgan fingerprint density at radius 2 is 1.52 bits per heavy atom. The molecule has 0 atom stereocenters. The number of rotatable bonds is 3. The van der Waals surface area contributed by atoms with Gasteiger partial charge in [0.2, 0.25) is 0 Å². The summed E-state index contributed by atoms with van der Waals surface area (Å²) in [4.78, 5) is 6.88. The third kappa shape index (κ3) is 2.76. The van der Waals surface area contributed by atoms with Gasteiger partial charge in [-0.1, -0.05) is 66.7 Å². The number of fused-ring (bicyclic) bond motifs is 1. The summed E-state index contributed by atoms with van der Waals surface area (Å²) >= 11 is 0. The van der Waals surface area contributed by atoms with Gasteiger partial charge < -0.3 is 4.90 Å². The second-order valence-corrected chi connectivity index (χ2v) is 5.70. The molecule has 0 spiro atoms. The van der Waals surface area contributed by atoms with Gasteiger partial charge in [-0.25, -0.2) is 0 Å². The van der Waals surface area contributed by atoms with Gasteiger partial charge in [-0.2, -0.15) is 0 Å². The molecule has 0 bridgehead atoms. The zero-order valence-corrected chi connectivity index (χ0v) is 12.9. The molecule has 3 aromatic carbocycles. The Kier molecular flexibility index (Phi) is 3.65. The van der Waals surface area contributed by atoms with E-state index in [1.165, 1.54) is 22.4 Å². The molecule has 4 rings (SSSR count). The summed E-state index contributed by atoms with van der Waals surface area (Å²) in [5.41, 5.74) is 6.16. The van der Waals surface area contributed by atoms with Gasteiger partial charge in [0.1, 0.15) is 0 Å². The van der Waals surface area contributed by atoms with Crippen LogP contribution in [0.1, 0.15) is 5.56 Å². The Morgan fingerprint density at radius 1 is 0.783 bits per heavy atom. The largest absolute Gasteiger partial charge is 0.360 e. The van der Waals surface area contributed by atoms with E-state index in [4.69, 9.17) is 0 Å². The lowest BCUT2D eigenvalue weighted by atomic mass is 9.99. The molecule has 23 heavy (non-hydrogen) atoms. The highest BCUT2D eigenvalue weighted by molar-refractivity contribution is 5.82. The Morgan fingerprint density at radius 3 is 2.43 bits per heavy atom. The molecule has 2 nitrogen and oxygen atoms in total. The average molecular weight is 298 g/mol. The van der Waals surface area contributed by atoms with E-state index in [1.54, 1.807) is 0 Å². The first kappa shape index (κ1) is 13.8. The van der Waals surface area contributed by atoms with Crippen LogP contribution in [0.15, 0.2) is 83.9 Å². The van der Waals surface area contributed by atoms with Crippen molar-refractivity contribution in [3.63, 3.8) is 0 Å². The summed E-state index contributed by atoms with van der Waals surface area (Å²) in [6.07, 6.45) is 1.99. The van der Waals surface area contributed by atoms with Crippen LogP contribution >= 0.6 is 0 Å². The van der Waals surface area contributed by atoms with Crippen LogP contribution in [-0.4, -0.2) is 12.8 Å². The van der Waals surface area contributed by atoms with Crippen molar-refractivity contribution < 1.29 is 0 Å². The van der Waals surface area contributed by atoms with Crippen molar-refractivity contribution in [3.05, 3.63) is 84.4 Å². The van der Waals surface area contributed by atoms with Crippen molar-refractivity contribution in [2.75, 3.05) is 11.4 Å². The summed E-state index contributed by atoms with van der Waals surface area (Å²) in [6, 6.07) is 27.6. The Bertz CT molecular complexity index is 837. The van der Waals surface area contributed by atoms with Gasteiger partial charge in [0.15, 0.2) is 0 Å². The van der Waals surface area contributed by atoms with Crippen LogP contribution in [-0.2, 0) is 6.54 Å². The number of hydrogen-bond acceptors (Lipinski definition) is 2. The molecule has 112 valence electrons. The molecule has 3 aromatic rings. The highest BCUT2D eigenvalue weighted by Crippen LogP contribution is 2.33. The second kappa shape index (κ2) is 6.09. The third-order valence-corrected chi connectivity index (χ3v) is 4.22. The SMILES string of the molecule is C1=Nc2ccccc2N(Cc2ccccc2-c2ccccc2)C1. The fourth-order valence-corrected chi connectivity index (χ4v) is 3.09. The van der Waals surface area contributed by atoms with Gasteiger partial charge in [0, 0.05) is 12.8 Å². The number of aliphatic imine (C=N–C) groups is 1. The second-order valence-electron chi connectivity index (χ2n) is 5.70. The maximum atomic E-state index is 4.50. The average Bonchev–Trinajstić information content (AvgIpc) is 2.63. The van der Waals surface area contributed by atoms with Crippen LogP contribution in [0, 0.1) is 0 Å². The minimum absolute atomic E-state index is 0.847. The minimum atomic E-state index is 0.847. The molecule has 0 unspecified atom stereocenters. The highest BCUT2D eigenvalue weighted by Gasteiger charge is 2.15. The number of anilines is 1. The molecular weight excluding hydrogens is 280 g/mol. The van der Waals surface area contributed by atoms with E-state index < -0.39 is 0 Å². The van der Waals surface area contributed by atoms with Crippen LogP contribution in [0.3, 0.4) is 0 Å². The zero-order valence-electron chi connectivity index (χ0n) is 12.9. The van der Waals surface area contributed by atoms with E-state index >= 15 is 0 Å². The first-order chi connectivity index (χ1) is 11.4. The fraction of sp³-hybridized carbons (Fsp3) is 0.0952. The lowest BCUT2D eigenvalue weighted by Crippen LogP contribution is -2.27. The van der Waals surface area contributed by atoms with Gasteiger partial charge in [-0.05, 0) is 28.8 Å². The highest BCUT2D eigenvalue weighted by atomic mass is 15.2. The number of para-hydroxylation sites is 2. The molecule has 0 saturated heterocycles. The van der Waals surface area contributed by atoms with E-state index in [0.717, 1.165) is 18.8 Å². The zero-order chi connectivity index (χ0) is 15.5. The summed E-state index contributed by atoms with van der Waals surface area (Å²) < 4.78 is 0. The lowest BCUT2D eigenvalue weighted by molar-refractivity contribution is 0.882. The molecule has 0 radical (unpaired) electrons. The Hall–Kier alpha value is -2.87. The van der Waals surface area contributed by atoms with Crippen molar-refractivity contribution in [2.24, 2.45) is 4.99 Å². The van der Waals surface area contributed by atoms with Gasteiger partial charge in [0.05, 0.1) is 17.9 Å². The number of hydrogen-bond donors (Lipinski definition) is 0. The number of benzene rings is 3. The first-order valence-corrected chi connectivity index (χ1v) is 7.92. The standard InChI is InChI=1S/C21H18N2/c1-2-8-17(9-3-1)19-11-5-4-10-18(19)16-23-15-14-22-20-12-6-7-13-21(20)23/h1-14H,15-16H2. The van der Waals surface area contributed by atoms with Gasteiger partial charge in [0.25, 0.3) is 0 Å². The molecule has 1 aliphatic rings. The molecule has 0 amide bonds. The molecule has 0 saturated carbocycles. The first-order valence-electron chi connectivity index (χ1n) is 7.92. The summed E-state index contributed by atoms with van der Waals surface area (Å²) in [5.74, 6) is 0. The molecule has 0 N–H and O–H groups in total. The van der Waals surface area contributed by atoms with Crippen LogP contribution in [0.4, 0.5) is 11.4 Å². The maximum absolute atomic E-state index is 4.50. The molecular formula is C21H18N2. The lowest BCUT2D eigenvalue weighted by Gasteiger charge is -2.28. The molecule has 1 aliphatic heterocycles. The number of nitrogens with zero attached hydrogens (tertiary/aromatic N) is 2. The van der Waals surface area contributed by atoms with Crippen LogP contribution in [0.5, 0.6) is 0 Å². The minimum Gasteiger partial charge on any atom is -0.360 e. The van der Waals surface area contributed by atoms with Crippen LogP contribution < -0.4 is 4.90 Å². The predicted molar refractivity (Wildman–Crippen MR) is 97.5 cm³/mol. The van der Waals surface area contributed by atoms with Crippen molar-refractivity contribution >= 4 is 17.6 Å². The topological polar surface area (TPSA) is 15.6 Å². The fourth-order valence-electron chi connectivity index (χ4n) is 3.09. The van der Waals surface area contributed by atoms with Gasteiger partial charge >= 0.3 is 0 Å². The van der Waals surface area contributed by atoms with Crippen LogP contribution in [0.25, 0.3) is 11.1 Å². The molecule has 2 heteroatoms. The summed E-state index contributed by atoms with van der Waals surface area (Å²) in [5, 5.41) is 0. The maximum Gasteiger partial charge on any atom is 0.0860 e. The normalized spacial score (nSPS) is 13.0. The molecule has 0 aromatic heterocycles. The summed E-state index contributed by atoms with van der Waals surface area (Å²) in [6.45, 7) is 1.73. The summed E-state index contributed by atoms with van der Waals surface area (Å²) in [7, 11) is 0. The predicted octanol–water partition coefficient (Wildman–Crippen LogP) is 5.08. The Balaban J connectivity index is 1.70. The van der Waals surface area contributed by atoms with E-state index in [9.17, 15) is 0 Å². The van der Waals surface area contributed by atoms with E-state index in [1.807, 2.05) is 12.3 Å². The van der Waals surface area contributed by atoms with Crippen molar-refractivity contribution in [1.82, 2.24) is 0 Å². The van der Waals surface area contributed by atoms with E-state index in [-0.39, 0.29) is 0 Å². The molecule has 1 heterocycles. The van der Waals surface area contributed by atoms with Crippen LogP contribution in [0.2, 0.25) is 0 Å². The smallest absolute Gasteiger partial charge is 0.0860 e. The van der Waals surface area contributed by atoms with Gasteiger partial charge in [-0.15, -0.1) is 0 Å². The molecule has 0 aliphatic carbocycles. The quantitative estimate of drug-likeness (QED) is 0.658. The third-order valence-electron chi connectivity index (χ3n) is 4.22. The van der Waals surface area contributed by atoms with Gasteiger partial charge in [-0.3, -0.25) is 4.99 Å². The molecule has 0 fully saturated rings. The Labute approximate surface area is 136 Å². The van der Waals surface area contributed by atoms with Crippen molar-refractivity contribution in [2.45, 2.75) is 6.54 Å². The van der Waals surface area contributed by atoms with E-state index in [0.29, 0.717) is 0 Å². The monoisotopic (exact) mass is 298 g/mol.